The van der Waals surface area contributed by atoms with Gasteiger partial charge in [0, 0.05) is 0 Å². The van der Waals surface area contributed by atoms with Crippen molar-refractivity contribution in [2.24, 2.45) is 0 Å². The highest BCUT2D eigenvalue weighted by Crippen LogP contribution is 2.48. The van der Waals surface area contributed by atoms with E-state index in [-0.39, 0.29) is 6.10 Å². The van der Waals surface area contributed by atoms with Gasteiger partial charge in [-0.05, 0) is 25.2 Å². The topological polar surface area (TPSA) is 29.5 Å². The monoisotopic (exact) mass is 242 g/mol. The molecule has 0 aliphatic heterocycles. The molecule has 0 fully saturated rings. The summed E-state index contributed by atoms with van der Waals surface area (Å²) in [4.78, 5) is 9.16. The van der Waals surface area contributed by atoms with Crippen molar-refractivity contribution in [2.45, 2.75) is 52.1 Å². The second kappa shape index (κ2) is 7.24. The molecule has 2 atom stereocenters. The minimum atomic E-state index is -2.75. The Bertz CT molecular complexity index is 170. The average molecular weight is 242 g/mol. The van der Waals surface area contributed by atoms with Crippen LogP contribution in [0.1, 0.15) is 46.0 Å². The Morgan fingerprint density at radius 3 is 2.54 bits per heavy atom. The summed E-state index contributed by atoms with van der Waals surface area (Å²) >= 11 is 8.49. The summed E-state index contributed by atoms with van der Waals surface area (Å²) in [7, 11) is 0. The maximum absolute atomic E-state index is 9.16. The third-order valence-corrected chi connectivity index (χ3v) is 2.96. The highest BCUT2D eigenvalue weighted by Gasteiger charge is 2.11. The number of thiol groups is 1. The van der Waals surface area contributed by atoms with Gasteiger partial charge in [-0.1, -0.05) is 44.9 Å². The van der Waals surface area contributed by atoms with Crippen LogP contribution in [0.15, 0.2) is 0 Å². The first-order chi connectivity index (χ1) is 5.95. The molecule has 0 spiro atoms. The maximum Gasteiger partial charge on any atom is 0.241 e. The van der Waals surface area contributed by atoms with Crippen LogP contribution in [0, 0.1) is 0 Å². The van der Waals surface area contributed by atoms with Crippen LogP contribution in [0.2, 0.25) is 0 Å². The summed E-state index contributed by atoms with van der Waals surface area (Å²) in [5, 5.41) is 0. The molecule has 0 bridgehead atoms. The predicted molar refractivity (Wildman–Crippen MR) is 64.8 cm³/mol. The quantitative estimate of drug-likeness (QED) is 0.407. The molecule has 0 aromatic rings. The molecule has 13 heavy (non-hydrogen) atoms. The smallest absolute Gasteiger partial charge is 0.241 e. The molecular weight excluding hydrogens is 223 g/mol. The molecule has 2 nitrogen and oxygen atoms in total. The minimum Gasteiger partial charge on any atom is -0.338 e. The summed E-state index contributed by atoms with van der Waals surface area (Å²) in [6.07, 6.45) is 5.86. The van der Waals surface area contributed by atoms with Gasteiger partial charge < -0.3 is 9.42 Å². The van der Waals surface area contributed by atoms with E-state index in [1.54, 1.807) is 0 Å². The first-order valence-corrected chi connectivity index (χ1v) is 8.52. The van der Waals surface area contributed by atoms with Gasteiger partial charge in [-0.15, -0.1) is 0 Å². The average Bonchev–Trinajstić information content (AvgIpc) is 1.94. The molecule has 0 aromatic heterocycles. The fraction of sp³-hybridized carbons (Fsp3) is 1.00. The van der Waals surface area contributed by atoms with E-state index in [1.807, 2.05) is 6.92 Å². The van der Waals surface area contributed by atoms with E-state index >= 15 is 0 Å². The van der Waals surface area contributed by atoms with Crippen LogP contribution < -0.4 is 0 Å². The van der Waals surface area contributed by atoms with Crippen LogP contribution in [0.5, 0.6) is 0 Å². The van der Waals surface area contributed by atoms with Crippen molar-refractivity contribution in [3.63, 3.8) is 0 Å². The normalized spacial score (nSPS) is 18.2. The van der Waals surface area contributed by atoms with Gasteiger partial charge in [0.05, 0.1) is 6.10 Å². The van der Waals surface area contributed by atoms with Gasteiger partial charge in [-0.2, -0.15) is 0 Å². The third kappa shape index (κ3) is 10.8. The molecule has 0 heterocycles. The van der Waals surface area contributed by atoms with Crippen molar-refractivity contribution in [2.75, 3.05) is 0 Å². The standard InChI is InChI=1S/C8H19O2PS2/c1-3-4-5-6-7-8(2)10-11(9,12)13/h8H,3-7H2,1-2H3,(H2,9,12,13). The molecule has 0 amide bonds. The zero-order chi connectivity index (χ0) is 10.3. The largest absolute Gasteiger partial charge is 0.338 e. The number of rotatable bonds is 7. The van der Waals surface area contributed by atoms with Crippen LogP contribution in [-0.2, 0) is 16.3 Å². The zero-order valence-corrected chi connectivity index (χ0v) is 10.9. The Hall–Kier alpha value is 0.920. The van der Waals surface area contributed by atoms with Crippen LogP contribution in [0.25, 0.3) is 0 Å². The van der Waals surface area contributed by atoms with Crippen LogP contribution >= 0.6 is 17.9 Å². The Labute approximate surface area is 91.4 Å². The Kier molecular flexibility index (Phi) is 7.76. The molecule has 0 rings (SSSR count). The maximum atomic E-state index is 9.16. The van der Waals surface area contributed by atoms with Gasteiger partial charge in [0.25, 0.3) is 0 Å². The van der Waals surface area contributed by atoms with E-state index in [0.29, 0.717) is 0 Å². The van der Waals surface area contributed by atoms with E-state index < -0.39 is 5.69 Å². The van der Waals surface area contributed by atoms with Crippen molar-refractivity contribution in [1.29, 1.82) is 0 Å². The second-order valence-corrected chi connectivity index (χ2v) is 8.37. The van der Waals surface area contributed by atoms with Crippen molar-refractivity contribution >= 4 is 29.7 Å². The Morgan fingerprint density at radius 1 is 1.46 bits per heavy atom. The Morgan fingerprint density at radius 2 is 2.08 bits per heavy atom. The molecule has 2 unspecified atom stereocenters. The van der Waals surface area contributed by atoms with Gasteiger partial charge >= 0.3 is 0 Å². The lowest BCUT2D eigenvalue weighted by atomic mass is 10.1. The fourth-order valence-electron chi connectivity index (χ4n) is 1.15. The summed E-state index contributed by atoms with van der Waals surface area (Å²) in [6, 6.07) is 0. The van der Waals surface area contributed by atoms with Crippen molar-refractivity contribution in [3.8, 4) is 0 Å². The van der Waals surface area contributed by atoms with Crippen molar-refractivity contribution < 1.29 is 9.42 Å². The van der Waals surface area contributed by atoms with E-state index in [0.717, 1.165) is 12.8 Å². The highest BCUT2D eigenvalue weighted by molar-refractivity contribution is 8.59. The molecule has 0 aliphatic carbocycles. The lowest BCUT2D eigenvalue weighted by Crippen LogP contribution is -2.04. The summed E-state index contributed by atoms with van der Waals surface area (Å²) in [5.74, 6) is 0. The summed E-state index contributed by atoms with van der Waals surface area (Å²) in [6.45, 7) is 4.11. The minimum absolute atomic E-state index is 0.0326. The van der Waals surface area contributed by atoms with Gasteiger partial charge in [-0.3, -0.25) is 0 Å². The van der Waals surface area contributed by atoms with E-state index in [4.69, 9.17) is 9.42 Å². The van der Waals surface area contributed by atoms with Gasteiger partial charge in [0.2, 0.25) is 5.69 Å². The predicted octanol–water partition coefficient (Wildman–Crippen LogP) is 3.51. The van der Waals surface area contributed by atoms with E-state index in [1.165, 1.54) is 19.3 Å². The molecule has 5 heteroatoms. The summed E-state index contributed by atoms with van der Waals surface area (Å²) in [5.41, 5.74) is -2.75. The van der Waals surface area contributed by atoms with Gasteiger partial charge in [-0.25, -0.2) is 0 Å². The van der Waals surface area contributed by atoms with E-state index in [2.05, 4.69) is 31.0 Å². The van der Waals surface area contributed by atoms with Crippen LogP contribution in [0.3, 0.4) is 0 Å². The first-order valence-electron chi connectivity index (χ1n) is 4.69. The zero-order valence-electron chi connectivity index (χ0n) is 8.27. The number of unbranched alkanes of at least 4 members (excludes halogenated alkanes) is 3. The van der Waals surface area contributed by atoms with Crippen LogP contribution in [0.4, 0.5) is 0 Å². The molecule has 0 aromatic carbocycles. The fourth-order valence-corrected chi connectivity index (χ4v) is 2.64. The second-order valence-electron chi connectivity index (χ2n) is 3.26. The van der Waals surface area contributed by atoms with Crippen molar-refractivity contribution in [3.05, 3.63) is 0 Å². The number of hydrogen-bond donors (Lipinski definition) is 2. The van der Waals surface area contributed by atoms with E-state index in [9.17, 15) is 0 Å². The highest BCUT2D eigenvalue weighted by atomic mass is 32.9. The SMILES string of the molecule is CCCCCCC(C)OP(O)(=S)S. The van der Waals surface area contributed by atoms with Gasteiger partial charge in [0.1, 0.15) is 0 Å². The first kappa shape index (κ1) is 13.9. The summed E-state index contributed by atoms with van der Waals surface area (Å²) < 4.78 is 5.16. The molecule has 1 N–H and O–H groups in total. The van der Waals surface area contributed by atoms with Crippen molar-refractivity contribution in [1.82, 2.24) is 0 Å². The van der Waals surface area contributed by atoms with Crippen LogP contribution in [-0.4, -0.2) is 11.0 Å². The molecule has 0 radical (unpaired) electrons. The third-order valence-electron chi connectivity index (χ3n) is 1.78. The molecule has 0 aliphatic rings. The molecule has 0 saturated heterocycles. The lowest BCUT2D eigenvalue weighted by molar-refractivity contribution is 0.213. The molecule has 0 saturated carbocycles. The Balaban J connectivity index is 3.41. The molecule has 80 valence electrons. The lowest BCUT2D eigenvalue weighted by Gasteiger charge is -2.16. The van der Waals surface area contributed by atoms with Gasteiger partial charge in [0.15, 0.2) is 0 Å². The molecular formula is C8H19O2PS2. The number of hydrogen-bond acceptors (Lipinski definition) is 2.